The Kier molecular flexibility index (Phi) is 6.09. The van der Waals surface area contributed by atoms with Crippen molar-refractivity contribution >= 4 is 5.91 Å². The lowest BCUT2D eigenvalue weighted by Crippen LogP contribution is -2.33. The Hall–Kier alpha value is -3.36. The third-order valence-corrected chi connectivity index (χ3v) is 4.54. The van der Waals surface area contributed by atoms with E-state index in [1.807, 2.05) is 0 Å². The van der Waals surface area contributed by atoms with E-state index in [9.17, 15) is 26.7 Å². The Morgan fingerprint density at radius 3 is 2.20 bits per heavy atom. The number of amides is 1. The van der Waals surface area contributed by atoms with Crippen molar-refractivity contribution in [1.82, 2.24) is 14.9 Å². The number of rotatable bonds is 5. The molecule has 0 radical (unpaired) electrons. The third-order valence-electron chi connectivity index (χ3n) is 4.54. The molecule has 4 nitrogen and oxygen atoms in total. The van der Waals surface area contributed by atoms with Gasteiger partial charge in [0.2, 0.25) is 5.95 Å². The molecule has 1 aromatic carbocycles. The molecular weight excluding hydrogens is 405 g/mol. The molecule has 3 rings (SSSR count). The smallest absolute Gasteiger partial charge is 0.326 e. The van der Waals surface area contributed by atoms with Gasteiger partial charge in [0.15, 0.2) is 0 Å². The maximum atomic E-state index is 13.3. The van der Waals surface area contributed by atoms with Crippen LogP contribution in [0.25, 0.3) is 0 Å². The van der Waals surface area contributed by atoms with Gasteiger partial charge in [0.05, 0.1) is 29.4 Å². The van der Waals surface area contributed by atoms with E-state index < -0.39 is 35.5 Å². The van der Waals surface area contributed by atoms with Gasteiger partial charge in [-0.1, -0.05) is 12.1 Å². The molecule has 9 heteroatoms. The Morgan fingerprint density at radius 1 is 0.967 bits per heavy atom. The van der Waals surface area contributed by atoms with Gasteiger partial charge < -0.3 is 4.90 Å². The molecule has 3 aromatic rings. The number of hydrogen-bond donors (Lipinski definition) is 0. The van der Waals surface area contributed by atoms with Gasteiger partial charge in [-0.05, 0) is 48.9 Å². The molecular formula is C21H16F5N3O. The summed E-state index contributed by atoms with van der Waals surface area (Å²) in [5.74, 6) is -1.73. The van der Waals surface area contributed by atoms with Crippen LogP contribution in [-0.2, 0) is 12.7 Å². The summed E-state index contributed by atoms with van der Waals surface area (Å²) in [6.07, 6.45) is -2.76. The molecule has 0 aliphatic carbocycles. The fraction of sp³-hybridized carbons (Fsp3) is 0.190. The monoisotopic (exact) mass is 421 g/mol. The second kappa shape index (κ2) is 8.56. The average Bonchev–Trinajstić information content (AvgIpc) is 2.72. The minimum absolute atomic E-state index is 0.0947. The zero-order valence-electron chi connectivity index (χ0n) is 15.7. The number of benzene rings is 1. The summed E-state index contributed by atoms with van der Waals surface area (Å²) in [5, 5.41) is 0. The quantitative estimate of drug-likeness (QED) is 0.421. The number of halogens is 5. The molecule has 0 spiro atoms. The summed E-state index contributed by atoms with van der Waals surface area (Å²) < 4.78 is 64.7. The molecule has 156 valence electrons. The predicted octanol–water partition coefficient (Wildman–Crippen LogP) is 5.18. The van der Waals surface area contributed by atoms with Crippen molar-refractivity contribution in [3.63, 3.8) is 0 Å². The van der Waals surface area contributed by atoms with E-state index in [4.69, 9.17) is 0 Å². The molecule has 1 amide bonds. The van der Waals surface area contributed by atoms with Gasteiger partial charge in [-0.2, -0.15) is 17.6 Å². The topological polar surface area (TPSA) is 46.1 Å². The van der Waals surface area contributed by atoms with Crippen molar-refractivity contribution < 1.29 is 26.7 Å². The third kappa shape index (κ3) is 4.97. The van der Waals surface area contributed by atoms with Crippen molar-refractivity contribution in [1.29, 1.82) is 0 Å². The molecule has 2 aromatic heterocycles. The number of carbonyl (C=O) groups is 1. The summed E-state index contributed by atoms with van der Waals surface area (Å²) >= 11 is 0. The SMILES string of the molecule is CC(c1ccc(F)cc1)N(Cc1ccc(C(F)(F)F)cn1)C(=O)c1ccc(F)nc1. The molecule has 0 saturated heterocycles. The second-order valence-corrected chi connectivity index (χ2v) is 6.57. The highest BCUT2D eigenvalue weighted by molar-refractivity contribution is 5.94. The molecule has 0 N–H and O–H groups in total. The molecule has 0 aliphatic heterocycles. The first kappa shape index (κ1) is 21.4. The number of aromatic nitrogens is 2. The van der Waals surface area contributed by atoms with Crippen molar-refractivity contribution in [2.75, 3.05) is 0 Å². The highest BCUT2D eigenvalue weighted by Gasteiger charge is 2.31. The van der Waals surface area contributed by atoms with E-state index in [-0.39, 0.29) is 17.8 Å². The first-order valence-corrected chi connectivity index (χ1v) is 8.85. The Balaban J connectivity index is 1.93. The Bertz CT molecular complexity index is 1000. The number of pyridine rings is 2. The van der Waals surface area contributed by atoms with Crippen LogP contribution < -0.4 is 0 Å². The zero-order chi connectivity index (χ0) is 21.9. The van der Waals surface area contributed by atoms with Crippen LogP contribution >= 0.6 is 0 Å². The lowest BCUT2D eigenvalue weighted by molar-refractivity contribution is -0.137. The highest BCUT2D eigenvalue weighted by Crippen LogP contribution is 2.29. The fourth-order valence-electron chi connectivity index (χ4n) is 2.83. The summed E-state index contributed by atoms with van der Waals surface area (Å²) in [6, 6.07) is 9.27. The van der Waals surface area contributed by atoms with Crippen LogP contribution in [0, 0.1) is 11.8 Å². The van der Waals surface area contributed by atoms with E-state index in [1.54, 1.807) is 6.92 Å². The Morgan fingerprint density at radius 2 is 1.67 bits per heavy atom. The summed E-state index contributed by atoms with van der Waals surface area (Å²) in [5.41, 5.74) is 0.0165. The number of alkyl halides is 3. The van der Waals surface area contributed by atoms with Crippen molar-refractivity contribution in [2.45, 2.75) is 25.7 Å². The van der Waals surface area contributed by atoms with E-state index in [1.165, 1.54) is 41.3 Å². The van der Waals surface area contributed by atoms with Gasteiger partial charge in [0.1, 0.15) is 5.82 Å². The lowest BCUT2D eigenvalue weighted by atomic mass is 10.1. The maximum Gasteiger partial charge on any atom is 0.417 e. The molecule has 0 fully saturated rings. The second-order valence-electron chi connectivity index (χ2n) is 6.57. The molecule has 30 heavy (non-hydrogen) atoms. The van der Waals surface area contributed by atoms with E-state index in [0.717, 1.165) is 18.3 Å². The maximum absolute atomic E-state index is 13.3. The molecule has 2 heterocycles. The van der Waals surface area contributed by atoms with Gasteiger partial charge in [-0.25, -0.2) is 9.37 Å². The molecule has 0 aliphatic rings. The molecule has 0 saturated carbocycles. The van der Waals surface area contributed by atoms with Crippen LogP contribution in [0.15, 0.2) is 60.9 Å². The summed E-state index contributed by atoms with van der Waals surface area (Å²) in [7, 11) is 0. The zero-order valence-corrected chi connectivity index (χ0v) is 15.7. The normalized spacial score (nSPS) is 12.5. The minimum atomic E-state index is -4.53. The first-order chi connectivity index (χ1) is 14.1. The van der Waals surface area contributed by atoms with Crippen LogP contribution in [0.5, 0.6) is 0 Å². The minimum Gasteiger partial charge on any atom is -0.326 e. The summed E-state index contributed by atoms with van der Waals surface area (Å²) in [6.45, 7) is 1.57. The number of nitrogens with zero attached hydrogens (tertiary/aromatic N) is 3. The van der Waals surface area contributed by atoms with Crippen LogP contribution in [0.3, 0.4) is 0 Å². The summed E-state index contributed by atoms with van der Waals surface area (Å²) in [4.78, 5) is 21.7. The van der Waals surface area contributed by atoms with E-state index in [0.29, 0.717) is 11.8 Å². The van der Waals surface area contributed by atoms with Gasteiger partial charge in [0.25, 0.3) is 5.91 Å². The van der Waals surface area contributed by atoms with E-state index >= 15 is 0 Å². The largest absolute Gasteiger partial charge is 0.417 e. The van der Waals surface area contributed by atoms with Gasteiger partial charge >= 0.3 is 6.18 Å². The van der Waals surface area contributed by atoms with Crippen LogP contribution in [-0.4, -0.2) is 20.8 Å². The van der Waals surface area contributed by atoms with Gasteiger partial charge in [-0.3, -0.25) is 9.78 Å². The van der Waals surface area contributed by atoms with Gasteiger partial charge in [-0.15, -0.1) is 0 Å². The fourth-order valence-corrected chi connectivity index (χ4v) is 2.83. The van der Waals surface area contributed by atoms with E-state index in [2.05, 4.69) is 9.97 Å². The standard InChI is InChI=1S/C21H16F5N3O/c1-13(14-2-6-17(22)7-3-14)29(20(30)15-4-9-19(23)28-10-15)12-18-8-5-16(11-27-18)21(24,25)26/h2-11,13H,12H2,1H3. The first-order valence-electron chi connectivity index (χ1n) is 8.85. The van der Waals surface area contributed by atoms with Crippen LogP contribution in [0.1, 0.15) is 40.1 Å². The van der Waals surface area contributed by atoms with Crippen LogP contribution in [0.2, 0.25) is 0 Å². The lowest BCUT2D eigenvalue weighted by Gasteiger charge is -2.29. The predicted molar refractivity (Wildman–Crippen MR) is 98.1 cm³/mol. The molecule has 0 bridgehead atoms. The van der Waals surface area contributed by atoms with Crippen molar-refractivity contribution in [2.24, 2.45) is 0 Å². The Labute approximate surface area is 169 Å². The average molecular weight is 421 g/mol. The highest BCUT2D eigenvalue weighted by atomic mass is 19.4. The van der Waals surface area contributed by atoms with Gasteiger partial charge in [0, 0.05) is 12.4 Å². The number of hydrogen-bond acceptors (Lipinski definition) is 3. The van der Waals surface area contributed by atoms with Crippen molar-refractivity contribution in [3.05, 3.63) is 95.1 Å². The molecule has 1 atom stereocenters. The van der Waals surface area contributed by atoms with Crippen LogP contribution in [0.4, 0.5) is 22.0 Å². The number of carbonyl (C=O) groups excluding carboxylic acids is 1. The molecule has 1 unspecified atom stereocenters. The van der Waals surface area contributed by atoms with Crippen molar-refractivity contribution in [3.8, 4) is 0 Å².